The van der Waals surface area contributed by atoms with Crippen molar-refractivity contribution in [3.05, 3.63) is 0 Å². The van der Waals surface area contributed by atoms with E-state index in [4.69, 9.17) is 9.84 Å². The molecule has 1 fully saturated rings. The molecule has 0 saturated heterocycles. The molecule has 92 valence electrons. The molecule has 0 aromatic carbocycles. The third-order valence-corrected chi connectivity index (χ3v) is 2.83. The molecule has 5 nitrogen and oxygen atoms in total. The Morgan fingerprint density at radius 1 is 1.50 bits per heavy atom. The first-order chi connectivity index (χ1) is 7.17. The van der Waals surface area contributed by atoms with Crippen molar-refractivity contribution in [1.82, 2.24) is 5.32 Å². The lowest BCUT2D eigenvalue weighted by Crippen LogP contribution is -2.38. The summed E-state index contributed by atoms with van der Waals surface area (Å²) >= 11 is 0. The maximum Gasteiger partial charge on any atom is 0.407 e. The van der Waals surface area contributed by atoms with E-state index in [1.807, 2.05) is 6.92 Å². The normalized spacial score (nSPS) is 28.4. The predicted molar refractivity (Wildman–Crippen MR) is 58.1 cm³/mol. The first kappa shape index (κ1) is 12.8. The van der Waals surface area contributed by atoms with Gasteiger partial charge < -0.3 is 15.2 Å². The molecule has 0 aliphatic heterocycles. The molecule has 2 N–H and O–H groups in total. The molecule has 0 bridgehead atoms. The van der Waals surface area contributed by atoms with Gasteiger partial charge in [-0.15, -0.1) is 0 Å². The Bertz CT molecular complexity index is 308. The van der Waals surface area contributed by atoms with Gasteiger partial charge in [0, 0.05) is 6.54 Å². The second kappa shape index (κ2) is 3.96. The average molecular weight is 229 g/mol. The number of hydrogen-bond donors (Lipinski definition) is 2. The summed E-state index contributed by atoms with van der Waals surface area (Å²) in [5.74, 6) is -0.740. The molecule has 16 heavy (non-hydrogen) atoms. The van der Waals surface area contributed by atoms with Crippen molar-refractivity contribution in [2.75, 3.05) is 6.54 Å². The van der Waals surface area contributed by atoms with Crippen molar-refractivity contribution in [2.24, 2.45) is 11.3 Å². The highest BCUT2D eigenvalue weighted by Crippen LogP contribution is 2.51. The SMILES string of the molecule is C[C@H]1C[C@@]1(CNC(=O)OC(C)(C)C)C(=O)O. The Morgan fingerprint density at radius 3 is 2.31 bits per heavy atom. The van der Waals surface area contributed by atoms with E-state index in [2.05, 4.69) is 5.32 Å². The van der Waals surface area contributed by atoms with Crippen molar-refractivity contribution in [3.8, 4) is 0 Å². The van der Waals surface area contributed by atoms with Crippen molar-refractivity contribution in [2.45, 2.75) is 39.7 Å². The standard InChI is InChI=1S/C11H19NO4/c1-7-5-11(7,8(13)14)6-12-9(15)16-10(2,3)4/h7H,5-6H2,1-4H3,(H,12,15)(H,13,14)/t7-,11-/m0/s1. The Balaban J connectivity index is 2.41. The quantitative estimate of drug-likeness (QED) is 0.771. The van der Waals surface area contributed by atoms with Crippen LogP contribution in [0.1, 0.15) is 34.1 Å². The molecule has 0 radical (unpaired) electrons. The monoisotopic (exact) mass is 229 g/mol. The second-order valence-electron chi connectivity index (χ2n) is 5.42. The number of aliphatic carboxylic acids is 1. The fourth-order valence-electron chi connectivity index (χ4n) is 1.65. The minimum Gasteiger partial charge on any atom is -0.481 e. The highest BCUT2D eigenvalue weighted by Gasteiger charge is 2.57. The summed E-state index contributed by atoms with van der Waals surface area (Å²) in [5, 5.41) is 11.5. The van der Waals surface area contributed by atoms with Crippen LogP contribution in [0.2, 0.25) is 0 Å². The molecule has 5 heteroatoms. The summed E-state index contributed by atoms with van der Waals surface area (Å²) in [5.41, 5.74) is -1.34. The number of amides is 1. The Labute approximate surface area is 95.2 Å². The van der Waals surface area contributed by atoms with Gasteiger partial charge in [-0.1, -0.05) is 6.92 Å². The lowest BCUT2D eigenvalue weighted by atomic mass is 10.1. The summed E-state index contributed by atoms with van der Waals surface area (Å²) in [6.07, 6.45) is 0.0465. The number of carboxylic acid groups (broad SMARTS) is 1. The number of ether oxygens (including phenoxy) is 1. The van der Waals surface area contributed by atoms with E-state index >= 15 is 0 Å². The molecule has 1 amide bonds. The van der Waals surface area contributed by atoms with Crippen LogP contribution in [0.4, 0.5) is 4.79 Å². The topological polar surface area (TPSA) is 75.6 Å². The van der Waals surface area contributed by atoms with Gasteiger partial charge in [0.25, 0.3) is 0 Å². The Kier molecular flexibility index (Phi) is 3.17. The minimum atomic E-state index is -0.851. The molecule has 0 heterocycles. The van der Waals surface area contributed by atoms with Gasteiger partial charge in [0.15, 0.2) is 0 Å². The zero-order valence-corrected chi connectivity index (χ0v) is 10.2. The fourth-order valence-corrected chi connectivity index (χ4v) is 1.65. The molecule has 1 rings (SSSR count). The predicted octanol–water partition coefficient (Wildman–Crippen LogP) is 1.62. The van der Waals surface area contributed by atoms with Crippen molar-refractivity contribution in [3.63, 3.8) is 0 Å². The number of carbonyl (C=O) groups excluding carboxylic acids is 1. The largest absolute Gasteiger partial charge is 0.481 e. The van der Waals surface area contributed by atoms with Gasteiger partial charge >= 0.3 is 12.1 Å². The van der Waals surface area contributed by atoms with Crippen LogP contribution in [0.15, 0.2) is 0 Å². The van der Waals surface area contributed by atoms with Crippen LogP contribution in [-0.4, -0.2) is 29.3 Å². The molecule has 1 aliphatic rings. The molecule has 2 atom stereocenters. The van der Waals surface area contributed by atoms with Gasteiger partial charge in [-0.05, 0) is 33.1 Å². The van der Waals surface area contributed by atoms with Crippen molar-refractivity contribution in [1.29, 1.82) is 0 Å². The van der Waals surface area contributed by atoms with E-state index < -0.39 is 23.1 Å². The van der Waals surface area contributed by atoms with Crippen molar-refractivity contribution >= 4 is 12.1 Å². The maximum absolute atomic E-state index is 11.3. The first-order valence-electron chi connectivity index (χ1n) is 5.38. The third kappa shape index (κ3) is 2.87. The van der Waals surface area contributed by atoms with Crippen LogP contribution in [0.5, 0.6) is 0 Å². The number of carboxylic acids is 1. The van der Waals surface area contributed by atoms with Crippen LogP contribution in [0.25, 0.3) is 0 Å². The summed E-state index contributed by atoms with van der Waals surface area (Å²) < 4.78 is 5.03. The van der Waals surface area contributed by atoms with Gasteiger partial charge in [0.2, 0.25) is 0 Å². The molecule has 0 unspecified atom stereocenters. The van der Waals surface area contributed by atoms with E-state index in [9.17, 15) is 9.59 Å². The number of hydrogen-bond acceptors (Lipinski definition) is 3. The minimum absolute atomic E-state index is 0.111. The molecule has 1 aliphatic carbocycles. The number of rotatable bonds is 3. The summed E-state index contributed by atoms with van der Waals surface area (Å²) in [7, 11) is 0. The van der Waals surface area contributed by atoms with Gasteiger partial charge in [0.1, 0.15) is 5.60 Å². The molecule has 0 spiro atoms. The Morgan fingerprint density at radius 2 is 2.00 bits per heavy atom. The summed E-state index contributed by atoms with van der Waals surface area (Å²) in [6, 6.07) is 0. The Hall–Kier alpha value is -1.26. The summed E-state index contributed by atoms with van der Waals surface area (Å²) in [4.78, 5) is 22.3. The van der Waals surface area contributed by atoms with Crippen molar-refractivity contribution < 1.29 is 19.4 Å². The lowest BCUT2D eigenvalue weighted by molar-refractivity contribution is -0.143. The van der Waals surface area contributed by atoms with E-state index in [0.717, 1.165) is 0 Å². The highest BCUT2D eigenvalue weighted by molar-refractivity contribution is 5.80. The van der Waals surface area contributed by atoms with Crippen LogP contribution < -0.4 is 5.32 Å². The van der Waals surface area contributed by atoms with Gasteiger partial charge in [-0.25, -0.2) is 4.79 Å². The maximum atomic E-state index is 11.3. The molecule has 1 saturated carbocycles. The zero-order valence-electron chi connectivity index (χ0n) is 10.2. The first-order valence-corrected chi connectivity index (χ1v) is 5.38. The van der Waals surface area contributed by atoms with E-state index in [0.29, 0.717) is 6.42 Å². The summed E-state index contributed by atoms with van der Waals surface area (Å²) in [6.45, 7) is 7.29. The van der Waals surface area contributed by atoms with Gasteiger partial charge in [0.05, 0.1) is 5.41 Å². The molecular formula is C11H19NO4. The van der Waals surface area contributed by atoms with Gasteiger partial charge in [-0.2, -0.15) is 0 Å². The second-order valence-corrected chi connectivity index (χ2v) is 5.42. The molecular weight excluding hydrogens is 210 g/mol. The van der Waals surface area contributed by atoms with Crippen LogP contribution in [0, 0.1) is 11.3 Å². The fraction of sp³-hybridized carbons (Fsp3) is 0.818. The lowest BCUT2D eigenvalue weighted by Gasteiger charge is -2.20. The third-order valence-electron chi connectivity index (χ3n) is 2.83. The van der Waals surface area contributed by atoms with Gasteiger partial charge in [-0.3, -0.25) is 4.79 Å². The van der Waals surface area contributed by atoms with E-state index in [1.54, 1.807) is 20.8 Å². The van der Waals surface area contributed by atoms with E-state index in [-0.39, 0.29) is 12.5 Å². The highest BCUT2D eigenvalue weighted by atomic mass is 16.6. The zero-order chi connectivity index (χ0) is 12.6. The average Bonchev–Trinajstić information content (AvgIpc) is 2.72. The number of carbonyl (C=O) groups is 2. The number of alkyl carbamates (subject to hydrolysis) is 1. The van der Waals surface area contributed by atoms with Crippen LogP contribution in [0.3, 0.4) is 0 Å². The van der Waals surface area contributed by atoms with E-state index in [1.165, 1.54) is 0 Å². The van der Waals surface area contributed by atoms with Crippen LogP contribution >= 0.6 is 0 Å². The number of nitrogens with one attached hydrogen (secondary N) is 1. The van der Waals surface area contributed by atoms with Crippen LogP contribution in [-0.2, 0) is 9.53 Å². The molecule has 0 aromatic rings. The smallest absolute Gasteiger partial charge is 0.407 e. The molecule has 0 aromatic heterocycles.